The second kappa shape index (κ2) is 8.38. The molecule has 118 valence electrons. The van der Waals surface area contributed by atoms with Crippen LogP contribution < -0.4 is 5.32 Å². The molecule has 0 heterocycles. The molecular formula is C18H35NO. The Morgan fingerprint density at radius 1 is 0.950 bits per heavy atom. The minimum Gasteiger partial charge on any atom is -0.396 e. The zero-order valence-electron chi connectivity index (χ0n) is 13.6. The van der Waals surface area contributed by atoms with Gasteiger partial charge in [-0.2, -0.15) is 0 Å². The van der Waals surface area contributed by atoms with E-state index in [-0.39, 0.29) is 0 Å². The van der Waals surface area contributed by atoms with E-state index < -0.39 is 0 Å². The van der Waals surface area contributed by atoms with Crippen LogP contribution in [0.1, 0.15) is 78.1 Å². The van der Waals surface area contributed by atoms with Crippen LogP contribution in [0.3, 0.4) is 0 Å². The second-order valence-corrected chi connectivity index (χ2v) is 7.48. The summed E-state index contributed by atoms with van der Waals surface area (Å²) < 4.78 is 0. The number of aliphatic hydroxyl groups excluding tert-OH is 1. The highest BCUT2D eigenvalue weighted by atomic mass is 16.3. The largest absolute Gasteiger partial charge is 0.396 e. The fourth-order valence-corrected chi connectivity index (χ4v) is 4.52. The normalized spacial score (nSPS) is 30.6. The Kier molecular flexibility index (Phi) is 6.83. The highest BCUT2D eigenvalue weighted by Gasteiger charge is 2.33. The van der Waals surface area contributed by atoms with Crippen molar-refractivity contribution >= 4 is 0 Å². The van der Waals surface area contributed by atoms with Crippen molar-refractivity contribution in [3.05, 3.63) is 0 Å². The standard InChI is InChI=1S/C18H35NO/c1-14(2)17(12-13-20)19-18-11-7-6-10-16(18)15-8-4-3-5-9-15/h14-20H,3-13H2,1-2H3. The van der Waals surface area contributed by atoms with E-state index in [1.54, 1.807) is 0 Å². The first-order chi connectivity index (χ1) is 9.72. The summed E-state index contributed by atoms with van der Waals surface area (Å²) in [5.41, 5.74) is 0. The lowest BCUT2D eigenvalue weighted by atomic mass is 9.70. The minimum atomic E-state index is 0.316. The van der Waals surface area contributed by atoms with Gasteiger partial charge in [0.2, 0.25) is 0 Å². The van der Waals surface area contributed by atoms with Crippen molar-refractivity contribution in [2.75, 3.05) is 6.61 Å². The average Bonchev–Trinajstić information content (AvgIpc) is 2.48. The molecule has 3 unspecified atom stereocenters. The molecule has 2 aliphatic carbocycles. The molecular weight excluding hydrogens is 246 g/mol. The molecule has 2 N–H and O–H groups in total. The first-order valence-electron chi connectivity index (χ1n) is 9.09. The van der Waals surface area contributed by atoms with Crippen LogP contribution in [0.25, 0.3) is 0 Å². The summed E-state index contributed by atoms with van der Waals surface area (Å²) >= 11 is 0. The zero-order chi connectivity index (χ0) is 14.4. The molecule has 2 fully saturated rings. The molecule has 0 saturated heterocycles. The van der Waals surface area contributed by atoms with Crippen molar-refractivity contribution in [3.8, 4) is 0 Å². The van der Waals surface area contributed by atoms with Crippen LogP contribution in [0, 0.1) is 17.8 Å². The summed E-state index contributed by atoms with van der Waals surface area (Å²) in [6.45, 7) is 4.88. The molecule has 2 heteroatoms. The van der Waals surface area contributed by atoms with Crippen LogP contribution in [0.2, 0.25) is 0 Å². The van der Waals surface area contributed by atoms with Crippen LogP contribution in [-0.2, 0) is 0 Å². The lowest BCUT2D eigenvalue weighted by Gasteiger charge is -2.41. The van der Waals surface area contributed by atoms with Gasteiger partial charge in [0.1, 0.15) is 0 Å². The SMILES string of the molecule is CC(C)C(CCO)NC1CCCCC1C1CCCCC1. The van der Waals surface area contributed by atoms with Crippen molar-refractivity contribution in [2.24, 2.45) is 17.8 Å². The summed E-state index contributed by atoms with van der Waals surface area (Å²) in [6.07, 6.45) is 13.8. The van der Waals surface area contributed by atoms with Gasteiger partial charge in [-0.1, -0.05) is 58.8 Å². The van der Waals surface area contributed by atoms with Crippen molar-refractivity contribution in [2.45, 2.75) is 90.1 Å². The molecule has 0 spiro atoms. The van der Waals surface area contributed by atoms with Crippen LogP contribution in [0.4, 0.5) is 0 Å². The molecule has 0 aromatic carbocycles. The molecule has 0 aromatic rings. The molecule has 2 aliphatic rings. The lowest BCUT2D eigenvalue weighted by molar-refractivity contribution is 0.128. The van der Waals surface area contributed by atoms with E-state index in [1.165, 1.54) is 57.8 Å². The van der Waals surface area contributed by atoms with E-state index in [2.05, 4.69) is 19.2 Å². The van der Waals surface area contributed by atoms with E-state index in [0.717, 1.165) is 18.3 Å². The molecule has 0 bridgehead atoms. The van der Waals surface area contributed by atoms with Crippen LogP contribution in [0.5, 0.6) is 0 Å². The molecule has 0 amide bonds. The van der Waals surface area contributed by atoms with Gasteiger partial charge in [-0.3, -0.25) is 0 Å². The van der Waals surface area contributed by atoms with Crippen LogP contribution >= 0.6 is 0 Å². The third-order valence-electron chi connectivity index (χ3n) is 5.75. The Balaban J connectivity index is 1.94. The van der Waals surface area contributed by atoms with Gasteiger partial charge in [-0.15, -0.1) is 0 Å². The summed E-state index contributed by atoms with van der Waals surface area (Å²) in [5.74, 6) is 2.50. The molecule has 2 saturated carbocycles. The summed E-state index contributed by atoms with van der Waals surface area (Å²) in [7, 11) is 0. The third kappa shape index (κ3) is 4.46. The highest BCUT2D eigenvalue weighted by molar-refractivity contribution is 4.89. The molecule has 0 aromatic heterocycles. The second-order valence-electron chi connectivity index (χ2n) is 7.48. The number of nitrogens with one attached hydrogen (secondary N) is 1. The highest BCUT2D eigenvalue weighted by Crippen LogP contribution is 2.38. The first-order valence-corrected chi connectivity index (χ1v) is 9.09. The first kappa shape index (κ1) is 16.3. The van der Waals surface area contributed by atoms with E-state index in [4.69, 9.17) is 0 Å². The molecule has 2 nitrogen and oxygen atoms in total. The van der Waals surface area contributed by atoms with Crippen molar-refractivity contribution < 1.29 is 5.11 Å². The summed E-state index contributed by atoms with van der Waals surface area (Å²) in [6, 6.07) is 1.21. The Morgan fingerprint density at radius 2 is 1.60 bits per heavy atom. The fourth-order valence-electron chi connectivity index (χ4n) is 4.52. The Bertz CT molecular complexity index is 260. The monoisotopic (exact) mass is 281 g/mol. The van der Waals surface area contributed by atoms with E-state index >= 15 is 0 Å². The zero-order valence-corrected chi connectivity index (χ0v) is 13.6. The van der Waals surface area contributed by atoms with E-state index in [1.807, 2.05) is 0 Å². The smallest absolute Gasteiger partial charge is 0.0445 e. The maximum atomic E-state index is 9.29. The number of aliphatic hydroxyl groups is 1. The van der Waals surface area contributed by atoms with Gasteiger partial charge in [0, 0.05) is 18.7 Å². The number of hydrogen-bond donors (Lipinski definition) is 2. The van der Waals surface area contributed by atoms with E-state index in [9.17, 15) is 5.11 Å². The molecule has 20 heavy (non-hydrogen) atoms. The summed E-state index contributed by atoms with van der Waals surface area (Å²) in [5, 5.41) is 13.2. The van der Waals surface area contributed by atoms with Crippen molar-refractivity contribution in [3.63, 3.8) is 0 Å². The van der Waals surface area contributed by atoms with Crippen molar-refractivity contribution in [1.29, 1.82) is 0 Å². The number of rotatable bonds is 6. The predicted octanol–water partition coefficient (Wildman–Crippen LogP) is 4.12. The van der Waals surface area contributed by atoms with Gasteiger partial charge >= 0.3 is 0 Å². The lowest BCUT2D eigenvalue weighted by Crippen LogP contribution is -2.49. The van der Waals surface area contributed by atoms with Gasteiger partial charge in [0.25, 0.3) is 0 Å². The van der Waals surface area contributed by atoms with Crippen LogP contribution in [-0.4, -0.2) is 23.8 Å². The predicted molar refractivity (Wildman–Crippen MR) is 85.8 cm³/mol. The van der Waals surface area contributed by atoms with Crippen LogP contribution in [0.15, 0.2) is 0 Å². The van der Waals surface area contributed by atoms with E-state index in [0.29, 0.717) is 24.6 Å². The van der Waals surface area contributed by atoms with Gasteiger partial charge in [0.05, 0.1) is 0 Å². The number of hydrogen-bond acceptors (Lipinski definition) is 2. The Labute approximate surface area is 125 Å². The van der Waals surface area contributed by atoms with Gasteiger partial charge in [-0.05, 0) is 37.0 Å². The Hall–Kier alpha value is -0.0800. The molecule has 3 atom stereocenters. The molecule has 0 radical (unpaired) electrons. The van der Waals surface area contributed by atoms with Gasteiger partial charge in [0.15, 0.2) is 0 Å². The average molecular weight is 281 g/mol. The summed E-state index contributed by atoms with van der Waals surface area (Å²) in [4.78, 5) is 0. The molecule has 2 rings (SSSR count). The minimum absolute atomic E-state index is 0.316. The third-order valence-corrected chi connectivity index (χ3v) is 5.75. The fraction of sp³-hybridized carbons (Fsp3) is 1.00. The van der Waals surface area contributed by atoms with Gasteiger partial charge < -0.3 is 10.4 Å². The maximum absolute atomic E-state index is 9.29. The van der Waals surface area contributed by atoms with Crippen molar-refractivity contribution in [1.82, 2.24) is 5.32 Å². The maximum Gasteiger partial charge on any atom is 0.0445 e. The Morgan fingerprint density at radius 3 is 2.25 bits per heavy atom. The molecule has 0 aliphatic heterocycles. The quantitative estimate of drug-likeness (QED) is 0.767. The van der Waals surface area contributed by atoms with Gasteiger partial charge in [-0.25, -0.2) is 0 Å². The topological polar surface area (TPSA) is 32.3 Å².